The van der Waals surface area contributed by atoms with E-state index < -0.39 is 5.91 Å². The number of hydrogen-bond acceptors (Lipinski definition) is 4. The van der Waals surface area contributed by atoms with Crippen molar-refractivity contribution in [3.05, 3.63) is 83.9 Å². The van der Waals surface area contributed by atoms with Crippen LogP contribution in [0.4, 0.5) is 0 Å². The summed E-state index contributed by atoms with van der Waals surface area (Å²) in [5.41, 5.74) is 10.3. The predicted octanol–water partition coefficient (Wildman–Crippen LogP) is 6.20. The van der Waals surface area contributed by atoms with Crippen LogP contribution in [0.2, 0.25) is 0 Å². The summed E-state index contributed by atoms with van der Waals surface area (Å²) in [6.07, 6.45) is 8.75. The molecule has 1 saturated carbocycles. The molecule has 1 aliphatic carbocycles. The van der Waals surface area contributed by atoms with Gasteiger partial charge in [-0.2, -0.15) is 5.10 Å². The van der Waals surface area contributed by atoms with E-state index in [-0.39, 0.29) is 12.1 Å². The van der Waals surface area contributed by atoms with E-state index in [9.17, 15) is 4.79 Å². The Bertz CT molecular complexity index is 1480. The maximum Gasteiger partial charge on any atom is 0.248 e. The van der Waals surface area contributed by atoms with Gasteiger partial charge in [-0.05, 0) is 99.5 Å². The molecule has 3 atom stereocenters. The summed E-state index contributed by atoms with van der Waals surface area (Å²) in [6.45, 7) is 0. The minimum atomic E-state index is -0.427. The first-order valence-corrected chi connectivity index (χ1v) is 14.4. The van der Waals surface area contributed by atoms with Gasteiger partial charge >= 0.3 is 0 Å². The zero-order chi connectivity index (χ0) is 26.5. The quantitative estimate of drug-likeness (QED) is 0.315. The molecule has 2 bridgehead atoms. The van der Waals surface area contributed by atoms with Crippen LogP contribution in [-0.2, 0) is 0 Å². The highest BCUT2D eigenvalue weighted by Gasteiger charge is 2.37. The Hall–Kier alpha value is -3.64. The van der Waals surface area contributed by atoms with Gasteiger partial charge in [-0.15, -0.1) is 0 Å². The second-order valence-electron chi connectivity index (χ2n) is 11.7. The number of nitrogens with zero attached hydrogens (tertiary/aromatic N) is 3. The van der Waals surface area contributed by atoms with Crippen LogP contribution in [0, 0.1) is 5.92 Å². The molecule has 6 heteroatoms. The van der Waals surface area contributed by atoms with Crippen molar-refractivity contribution in [1.29, 1.82) is 0 Å². The Kier molecular flexibility index (Phi) is 6.15. The third-order valence-corrected chi connectivity index (χ3v) is 9.19. The fourth-order valence-corrected chi connectivity index (χ4v) is 6.94. The average molecular weight is 521 g/mol. The summed E-state index contributed by atoms with van der Waals surface area (Å²) in [6, 6.07) is 26.1. The van der Waals surface area contributed by atoms with E-state index in [2.05, 4.69) is 71.2 Å². The van der Waals surface area contributed by atoms with Crippen LogP contribution in [0.3, 0.4) is 0 Å². The highest BCUT2D eigenvalue weighted by atomic mass is 16.5. The third-order valence-electron chi connectivity index (χ3n) is 9.19. The fourth-order valence-electron chi connectivity index (χ4n) is 6.94. The van der Waals surface area contributed by atoms with Crippen molar-refractivity contribution in [3.8, 4) is 17.0 Å². The summed E-state index contributed by atoms with van der Waals surface area (Å²) in [7, 11) is 2.28. The zero-order valence-electron chi connectivity index (χ0n) is 22.5. The second-order valence-corrected chi connectivity index (χ2v) is 11.7. The molecule has 0 spiro atoms. The summed E-state index contributed by atoms with van der Waals surface area (Å²) < 4.78 is 8.67. The van der Waals surface area contributed by atoms with Gasteiger partial charge in [-0.25, -0.2) is 0 Å². The molecular weight excluding hydrogens is 484 g/mol. The van der Waals surface area contributed by atoms with Crippen LogP contribution < -0.4 is 10.5 Å². The average Bonchev–Trinajstić information content (AvgIpc) is 3.71. The van der Waals surface area contributed by atoms with E-state index >= 15 is 0 Å². The summed E-state index contributed by atoms with van der Waals surface area (Å²) in [5, 5.41) is 6.16. The van der Waals surface area contributed by atoms with Gasteiger partial charge in [0.25, 0.3) is 0 Å². The molecule has 3 unspecified atom stereocenters. The van der Waals surface area contributed by atoms with Crippen LogP contribution in [0.5, 0.6) is 5.75 Å². The molecule has 1 aromatic heterocycles. The lowest BCUT2D eigenvalue weighted by molar-refractivity contribution is 0.000144. The van der Waals surface area contributed by atoms with Gasteiger partial charge in [-0.3, -0.25) is 9.48 Å². The molecule has 3 aromatic carbocycles. The van der Waals surface area contributed by atoms with Crippen LogP contribution in [0.15, 0.2) is 72.8 Å². The van der Waals surface area contributed by atoms with E-state index in [4.69, 9.17) is 15.6 Å². The van der Waals surface area contributed by atoms with Crippen LogP contribution in [0.25, 0.3) is 22.2 Å². The number of ether oxygens (including phenoxy) is 1. The molecule has 200 valence electrons. The molecule has 6 nitrogen and oxygen atoms in total. The molecule has 3 aliphatic rings. The van der Waals surface area contributed by atoms with Gasteiger partial charge in [0.05, 0.1) is 11.6 Å². The Morgan fingerprint density at radius 3 is 2.33 bits per heavy atom. The zero-order valence-corrected chi connectivity index (χ0v) is 22.5. The molecule has 7 rings (SSSR count). The molecule has 39 heavy (non-hydrogen) atoms. The van der Waals surface area contributed by atoms with Crippen molar-refractivity contribution in [2.24, 2.45) is 11.7 Å². The van der Waals surface area contributed by atoms with Gasteiger partial charge in [0, 0.05) is 28.6 Å². The van der Waals surface area contributed by atoms with Gasteiger partial charge in [-0.1, -0.05) is 36.8 Å². The van der Waals surface area contributed by atoms with E-state index in [1.807, 2.05) is 18.2 Å². The topological polar surface area (TPSA) is 73.4 Å². The maximum absolute atomic E-state index is 12.1. The van der Waals surface area contributed by atoms with Crippen LogP contribution in [-0.4, -0.2) is 45.8 Å². The van der Waals surface area contributed by atoms with Crippen molar-refractivity contribution in [1.82, 2.24) is 14.7 Å². The summed E-state index contributed by atoms with van der Waals surface area (Å²) in [4.78, 5) is 14.6. The van der Waals surface area contributed by atoms with Crippen molar-refractivity contribution < 1.29 is 9.53 Å². The second kappa shape index (κ2) is 9.83. The van der Waals surface area contributed by atoms with Crippen molar-refractivity contribution in [2.45, 2.75) is 69.2 Å². The number of primary amides is 1. The van der Waals surface area contributed by atoms with Crippen molar-refractivity contribution in [2.75, 3.05) is 7.05 Å². The first-order valence-electron chi connectivity index (χ1n) is 14.4. The fraction of sp³-hybridized carbons (Fsp3) is 0.394. The number of hydrogen-bond donors (Lipinski definition) is 1. The minimum Gasteiger partial charge on any atom is -0.490 e. The molecule has 3 heterocycles. The SMILES string of the molecule is CN1C2CCCC1CC(Oc1ccc(-c3nn(C(c4ccccc4)C4CC4)c4ccc(C(N)=O)cc34)cc1)C2. The molecule has 1 amide bonds. The minimum absolute atomic E-state index is 0.161. The highest BCUT2D eigenvalue weighted by Crippen LogP contribution is 2.45. The van der Waals surface area contributed by atoms with Gasteiger partial charge < -0.3 is 15.4 Å². The number of benzene rings is 3. The highest BCUT2D eigenvalue weighted by molar-refractivity contribution is 6.01. The molecular formula is C33H36N4O2. The number of aromatic nitrogens is 2. The third kappa shape index (κ3) is 4.61. The van der Waals surface area contributed by atoms with E-state index in [1.54, 1.807) is 0 Å². The number of amides is 1. The monoisotopic (exact) mass is 520 g/mol. The first kappa shape index (κ1) is 24.4. The number of rotatable bonds is 7. The smallest absolute Gasteiger partial charge is 0.248 e. The molecule has 2 N–H and O–H groups in total. The van der Waals surface area contributed by atoms with Gasteiger partial charge in [0.15, 0.2) is 0 Å². The molecule has 2 aliphatic heterocycles. The number of piperidine rings is 2. The summed E-state index contributed by atoms with van der Waals surface area (Å²) >= 11 is 0. The lowest BCUT2D eigenvalue weighted by atomic mass is 9.83. The first-order chi connectivity index (χ1) is 19.0. The van der Waals surface area contributed by atoms with Crippen LogP contribution in [0.1, 0.15) is 66.9 Å². The largest absolute Gasteiger partial charge is 0.490 e. The standard InChI is InChI=1S/C33H36N4O2/c1-36-25-8-5-9-26(36)20-28(19-25)39-27-15-12-21(13-16-27)31-29-18-24(33(34)38)14-17-30(29)37(35-31)32(23-10-11-23)22-6-3-2-4-7-22/h2-4,6-7,12-18,23,25-26,28,32H,5,8-11,19-20H2,1H3,(H2,34,38). The predicted molar refractivity (Wildman–Crippen MR) is 154 cm³/mol. The molecule has 0 radical (unpaired) electrons. The molecule has 2 saturated heterocycles. The van der Waals surface area contributed by atoms with Crippen molar-refractivity contribution in [3.63, 3.8) is 0 Å². The number of fused-ring (bicyclic) bond motifs is 3. The Morgan fingerprint density at radius 2 is 1.67 bits per heavy atom. The number of nitrogens with two attached hydrogens (primary N) is 1. The number of carbonyl (C=O) groups excluding carboxylic acids is 1. The molecule has 3 fully saturated rings. The Balaban J connectivity index is 1.23. The lowest BCUT2D eigenvalue weighted by Crippen LogP contribution is -2.52. The number of carbonyl (C=O) groups is 1. The van der Waals surface area contributed by atoms with E-state index in [1.165, 1.54) is 37.7 Å². The van der Waals surface area contributed by atoms with E-state index in [0.717, 1.165) is 40.8 Å². The Morgan fingerprint density at radius 1 is 0.949 bits per heavy atom. The normalized spacial score (nSPS) is 24.0. The summed E-state index contributed by atoms with van der Waals surface area (Å²) in [5.74, 6) is 1.04. The lowest BCUT2D eigenvalue weighted by Gasteiger charge is -2.46. The van der Waals surface area contributed by atoms with Gasteiger partial charge in [0.2, 0.25) is 5.91 Å². The van der Waals surface area contributed by atoms with Crippen LogP contribution >= 0.6 is 0 Å². The molecule has 4 aromatic rings. The van der Waals surface area contributed by atoms with Gasteiger partial charge in [0.1, 0.15) is 17.5 Å². The van der Waals surface area contributed by atoms with Crippen molar-refractivity contribution >= 4 is 16.8 Å². The Labute approximate surface area is 229 Å². The maximum atomic E-state index is 12.1. The van der Waals surface area contributed by atoms with E-state index in [0.29, 0.717) is 23.6 Å².